The Morgan fingerprint density at radius 1 is 0.741 bits per heavy atom. The third-order valence-electron chi connectivity index (χ3n) is 10.9. The second-order valence-electron chi connectivity index (χ2n) is 14.1. The summed E-state index contributed by atoms with van der Waals surface area (Å²) in [4.78, 5) is 69.3. The summed E-state index contributed by atoms with van der Waals surface area (Å²) in [6.45, 7) is 3.70. The van der Waals surface area contributed by atoms with E-state index in [1.165, 1.54) is 24.3 Å². The van der Waals surface area contributed by atoms with Gasteiger partial charge in [0.2, 0.25) is 0 Å². The number of H-pyrrole nitrogens is 2. The molecule has 4 aromatic heterocycles. The van der Waals surface area contributed by atoms with Crippen molar-refractivity contribution in [2.24, 2.45) is 25.9 Å². The van der Waals surface area contributed by atoms with Gasteiger partial charge in [-0.3, -0.25) is 9.59 Å². The summed E-state index contributed by atoms with van der Waals surface area (Å²) >= 11 is 0. The lowest BCUT2D eigenvalue weighted by atomic mass is 9.80. The molecule has 8 rings (SSSR count). The van der Waals surface area contributed by atoms with Gasteiger partial charge in [0, 0.05) is 97.0 Å². The smallest absolute Gasteiger partial charge is 0.331 e. The van der Waals surface area contributed by atoms with Crippen LogP contribution in [-0.2, 0) is 46.0 Å². The van der Waals surface area contributed by atoms with E-state index in [-0.39, 0.29) is 48.4 Å². The molecule has 0 bridgehead atoms. The average Bonchev–Trinajstić information content (AvgIpc) is 3.88. The standard InChI is InChI=1S/C40H36F2N6O6/c1-19-27(45-17-43-19)11-21-13-31(37-35(39(21)51)25-15-23(41)5-7-29(25)47(37)3)53-33(49)9-10-34(50)54-32-14-22(12-28-20(2)44-18-46-28)40(52)36-26-16-24(42)6-8-30(26)48(4)38(32)36/h5-10,15-18,21-22,31-32H,11-14H2,1-4H3,(H,43,45)(H,44,46)/b10-9-. The van der Waals surface area contributed by atoms with Crippen molar-refractivity contribution in [2.45, 2.75) is 51.7 Å². The first-order valence-electron chi connectivity index (χ1n) is 17.6. The number of esters is 2. The Balaban J connectivity index is 1.06. The molecule has 0 saturated carbocycles. The fourth-order valence-corrected chi connectivity index (χ4v) is 8.21. The van der Waals surface area contributed by atoms with Crippen LogP contribution in [0, 0.1) is 37.3 Å². The minimum atomic E-state index is -0.898. The topological polar surface area (TPSA) is 154 Å². The first-order valence-corrected chi connectivity index (χ1v) is 17.6. The number of carbonyl (C=O) groups excluding carboxylic acids is 4. The molecule has 2 aliphatic rings. The third-order valence-corrected chi connectivity index (χ3v) is 10.9. The molecule has 12 nitrogen and oxygen atoms in total. The maximum atomic E-state index is 14.5. The highest BCUT2D eigenvalue weighted by Crippen LogP contribution is 2.44. The van der Waals surface area contributed by atoms with Gasteiger partial charge in [0.05, 0.1) is 46.6 Å². The van der Waals surface area contributed by atoms with E-state index in [1.807, 2.05) is 13.8 Å². The molecule has 0 fully saturated rings. The van der Waals surface area contributed by atoms with E-state index in [0.717, 1.165) is 23.5 Å². The number of rotatable bonds is 8. The molecular formula is C40H36F2N6O6. The fourth-order valence-electron chi connectivity index (χ4n) is 8.21. The number of nitrogens with zero attached hydrogens (tertiary/aromatic N) is 4. The van der Waals surface area contributed by atoms with Gasteiger partial charge in [0.25, 0.3) is 0 Å². The van der Waals surface area contributed by atoms with Crippen LogP contribution in [0.5, 0.6) is 0 Å². The van der Waals surface area contributed by atoms with E-state index in [1.54, 1.807) is 48.0 Å². The van der Waals surface area contributed by atoms with E-state index < -0.39 is 47.6 Å². The van der Waals surface area contributed by atoms with Gasteiger partial charge in [0.15, 0.2) is 11.6 Å². The Morgan fingerprint density at radius 2 is 1.15 bits per heavy atom. The first kappa shape index (κ1) is 34.9. The summed E-state index contributed by atoms with van der Waals surface area (Å²) < 4.78 is 44.2. The molecule has 4 heterocycles. The molecule has 6 aromatic rings. The molecule has 2 aliphatic carbocycles. The lowest BCUT2D eigenvalue weighted by Gasteiger charge is -2.29. The quantitative estimate of drug-likeness (QED) is 0.136. The van der Waals surface area contributed by atoms with E-state index >= 15 is 0 Å². The van der Waals surface area contributed by atoms with E-state index in [9.17, 15) is 28.0 Å². The lowest BCUT2D eigenvalue weighted by molar-refractivity contribution is -0.147. The molecule has 4 atom stereocenters. The number of benzene rings is 2. The predicted molar refractivity (Wildman–Crippen MR) is 191 cm³/mol. The second kappa shape index (κ2) is 13.3. The zero-order valence-electron chi connectivity index (χ0n) is 29.9. The zero-order chi connectivity index (χ0) is 38.0. The number of aromatic nitrogens is 6. The number of hydrogen-bond donors (Lipinski definition) is 2. The summed E-state index contributed by atoms with van der Waals surface area (Å²) in [5.74, 6) is -4.33. The molecular weight excluding hydrogens is 698 g/mol. The third kappa shape index (κ3) is 5.91. The van der Waals surface area contributed by atoms with Gasteiger partial charge in [-0.1, -0.05) is 0 Å². The number of hydrogen-bond acceptors (Lipinski definition) is 8. The summed E-state index contributed by atoms with van der Waals surface area (Å²) in [6.07, 6.45) is 4.07. The number of carbonyl (C=O) groups is 4. The Kier molecular flexibility index (Phi) is 8.62. The van der Waals surface area contributed by atoms with Crippen molar-refractivity contribution in [2.75, 3.05) is 0 Å². The molecule has 0 spiro atoms. The van der Waals surface area contributed by atoms with Crippen molar-refractivity contribution >= 4 is 45.3 Å². The van der Waals surface area contributed by atoms with Crippen molar-refractivity contribution in [3.8, 4) is 0 Å². The number of aryl methyl sites for hydroxylation is 4. The maximum absolute atomic E-state index is 14.5. The maximum Gasteiger partial charge on any atom is 0.331 e. The largest absolute Gasteiger partial charge is 0.453 e. The van der Waals surface area contributed by atoms with Gasteiger partial charge >= 0.3 is 11.9 Å². The van der Waals surface area contributed by atoms with Crippen LogP contribution >= 0.6 is 0 Å². The number of ether oxygens (including phenoxy) is 2. The molecule has 54 heavy (non-hydrogen) atoms. The predicted octanol–water partition coefficient (Wildman–Crippen LogP) is 6.33. The van der Waals surface area contributed by atoms with Gasteiger partial charge < -0.3 is 28.6 Å². The molecule has 4 unspecified atom stereocenters. The van der Waals surface area contributed by atoms with Crippen LogP contribution in [0.2, 0.25) is 0 Å². The van der Waals surface area contributed by atoms with Gasteiger partial charge in [0.1, 0.15) is 23.8 Å². The molecule has 0 saturated heterocycles. The summed E-state index contributed by atoms with van der Waals surface area (Å²) in [6, 6.07) is 8.38. The van der Waals surface area contributed by atoms with Crippen molar-refractivity contribution in [1.29, 1.82) is 0 Å². The highest BCUT2D eigenvalue weighted by Gasteiger charge is 2.42. The van der Waals surface area contributed by atoms with Crippen LogP contribution in [0.1, 0.15) is 79.9 Å². The number of fused-ring (bicyclic) bond motifs is 6. The molecule has 276 valence electrons. The molecule has 0 radical (unpaired) electrons. The van der Waals surface area contributed by atoms with Crippen molar-refractivity contribution < 1.29 is 37.4 Å². The molecule has 2 N–H and O–H groups in total. The first-order chi connectivity index (χ1) is 25.9. The number of Topliss-reactive ketones (excluding diaryl/α,β-unsaturated/α-hetero) is 2. The van der Waals surface area contributed by atoms with Crippen LogP contribution in [0.3, 0.4) is 0 Å². The minimum Gasteiger partial charge on any atom is -0.453 e. The van der Waals surface area contributed by atoms with Crippen molar-refractivity contribution in [3.05, 3.63) is 118 Å². The van der Waals surface area contributed by atoms with Crippen LogP contribution in [0.4, 0.5) is 8.78 Å². The van der Waals surface area contributed by atoms with Crippen LogP contribution in [-0.4, -0.2) is 52.6 Å². The zero-order valence-corrected chi connectivity index (χ0v) is 29.9. The van der Waals surface area contributed by atoms with Gasteiger partial charge in [-0.15, -0.1) is 0 Å². The molecule has 14 heteroatoms. The molecule has 0 amide bonds. The Morgan fingerprint density at radius 3 is 1.52 bits per heavy atom. The molecule has 0 aliphatic heterocycles. The van der Waals surface area contributed by atoms with E-state index in [0.29, 0.717) is 44.6 Å². The lowest BCUT2D eigenvalue weighted by Crippen LogP contribution is -2.30. The average molecular weight is 735 g/mol. The van der Waals surface area contributed by atoms with Crippen molar-refractivity contribution in [3.63, 3.8) is 0 Å². The van der Waals surface area contributed by atoms with Crippen molar-refractivity contribution in [1.82, 2.24) is 29.1 Å². The van der Waals surface area contributed by atoms with Gasteiger partial charge in [-0.25, -0.2) is 28.3 Å². The van der Waals surface area contributed by atoms with E-state index in [4.69, 9.17) is 9.47 Å². The Hall–Kier alpha value is -6.18. The Labute approximate surface area is 307 Å². The highest BCUT2D eigenvalue weighted by atomic mass is 19.1. The van der Waals surface area contributed by atoms with Gasteiger partial charge in [-0.05, 0) is 50.2 Å². The number of ketones is 2. The number of halogens is 2. The second-order valence-corrected chi connectivity index (χ2v) is 14.1. The monoisotopic (exact) mass is 734 g/mol. The van der Waals surface area contributed by atoms with Crippen LogP contribution in [0.25, 0.3) is 21.8 Å². The number of aromatic amines is 2. The highest BCUT2D eigenvalue weighted by molar-refractivity contribution is 6.12. The van der Waals surface area contributed by atoms with E-state index in [2.05, 4.69) is 19.9 Å². The fraction of sp³-hybridized carbons (Fsp3) is 0.300. The number of nitrogens with one attached hydrogen (secondary N) is 2. The molecule has 2 aromatic carbocycles. The van der Waals surface area contributed by atoms with Crippen LogP contribution in [0.15, 0.2) is 61.2 Å². The van der Waals surface area contributed by atoms with Crippen LogP contribution < -0.4 is 0 Å². The van der Waals surface area contributed by atoms with Gasteiger partial charge in [-0.2, -0.15) is 0 Å². The summed E-state index contributed by atoms with van der Waals surface area (Å²) in [5, 5.41) is 0.839. The SMILES string of the molecule is Cc1[nH]cnc1CC1CC(OC(=O)/C=C\C(=O)OC2CC(Cc3nc[nH]c3C)C(=O)c3c2n(C)c2ccc(F)cc32)c2c(c3cc(F)ccc3n2C)C1=O. The minimum absolute atomic E-state index is 0.145. The Bertz CT molecular complexity index is 2380. The summed E-state index contributed by atoms with van der Waals surface area (Å²) in [7, 11) is 3.45. The summed E-state index contributed by atoms with van der Waals surface area (Å²) in [5.41, 5.74) is 5.66. The number of imidazole rings is 2. The normalized spacial score (nSPS) is 19.8.